The van der Waals surface area contributed by atoms with Gasteiger partial charge in [0.2, 0.25) is 5.82 Å². The fraction of sp³-hybridized carbons (Fsp3) is 0.167. The molecular weight excluding hydrogens is 416 g/mol. The lowest BCUT2D eigenvalue weighted by Crippen LogP contribution is -2.27. The van der Waals surface area contributed by atoms with Gasteiger partial charge in [0.1, 0.15) is 5.82 Å². The highest BCUT2D eigenvalue weighted by molar-refractivity contribution is 6.34. The Hall–Kier alpha value is -3.14. The second-order valence-electron chi connectivity index (χ2n) is 6.17. The zero-order valence-corrected chi connectivity index (χ0v) is 15.2. The summed E-state index contributed by atoms with van der Waals surface area (Å²) in [5, 5.41) is 6.71. The molecule has 6 nitrogen and oxygen atoms in total. The maximum Gasteiger partial charge on any atom is 0.419 e. The van der Waals surface area contributed by atoms with Crippen LogP contribution in [0.4, 0.5) is 28.0 Å². The van der Waals surface area contributed by atoms with Crippen LogP contribution in [0.3, 0.4) is 0 Å². The number of halogens is 5. The first-order chi connectivity index (χ1) is 13.7. The Balaban J connectivity index is 1.66. The maximum atomic E-state index is 13.8. The summed E-state index contributed by atoms with van der Waals surface area (Å²) in [6.45, 7) is 0.908. The molecule has 1 aliphatic heterocycles. The van der Waals surface area contributed by atoms with Gasteiger partial charge in [-0.1, -0.05) is 22.8 Å². The van der Waals surface area contributed by atoms with E-state index in [-0.39, 0.29) is 23.3 Å². The van der Waals surface area contributed by atoms with Crippen molar-refractivity contribution in [1.82, 2.24) is 15.5 Å². The minimum Gasteiger partial charge on any atom is -0.336 e. The number of urea groups is 1. The molecule has 2 amide bonds. The van der Waals surface area contributed by atoms with Crippen LogP contribution in [-0.4, -0.2) is 29.3 Å². The van der Waals surface area contributed by atoms with E-state index in [1.54, 1.807) is 18.2 Å². The highest BCUT2D eigenvalue weighted by Crippen LogP contribution is 2.34. The normalized spacial score (nSPS) is 14.4. The van der Waals surface area contributed by atoms with E-state index in [0.29, 0.717) is 41.5 Å². The van der Waals surface area contributed by atoms with Gasteiger partial charge >= 0.3 is 12.2 Å². The fourth-order valence-electron chi connectivity index (χ4n) is 2.90. The molecule has 0 saturated carbocycles. The van der Waals surface area contributed by atoms with Crippen LogP contribution in [0.5, 0.6) is 0 Å². The number of hydrogen-bond donors (Lipinski definition) is 1. The van der Waals surface area contributed by atoms with Gasteiger partial charge in [0.15, 0.2) is 0 Å². The molecule has 0 bridgehead atoms. The molecule has 29 heavy (non-hydrogen) atoms. The van der Waals surface area contributed by atoms with Crippen LogP contribution < -0.4 is 10.2 Å². The summed E-state index contributed by atoms with van der Waals surface area (Å²) in [6.07, 6.45) is -4.80. The lowest BCUT2D eigenvalue weighted by Gasteiger charge is -2.16. The van der Waals surface area contributed by atoms with Gasteiger partial charge < -0.3 is 9.84 Å². The number of alkyl halides is 3. The van der Waals surface area contributed by atoms with Crippen LogP contribution in [0.15, 0.2) is 40.9 Å². The minimum absolute atomic E-state index is 0.0265. The predicted octanol–water partition coefficient (Wildman–Crippen LogP) is 4.74. The minimum atomic E-state index is -4.80. The van der Waals surface area contributed by atoms with Crippen molar-refractivity contribution < 1.29 is 26.9 Å². The quantitative estimate of drug-likeness (QED) is 0.614. The van der Waals surface area contributed by atoms with Gasteiger partial charge in [-0.15, -0.1) is 0 Å². The van der Waals surface area contributed by atoms with Crippen molar-refractivity contribution in [3.8, 4) is 22.8 Å². The molecule has 1 saturated heterocycles. The molecular formula is C18H11ClF4N4O2. The molecule has 1 N–H and O–H groups in total. The first-order valence-corrected chi connectivity index (χ1v) is 8.68. The topological polar surface area (TPSA) is 71.3 Å². The second kappa shape index (κ2) is 7.03. The van der Waals surface area contributed by atoms with E-state index < -0.39 is 17.6 Å². The lowest BCUT2D eigenvalue weighted by molar-refractivity contribution is -0.139. The Kier molecular flexibility index (Phi) is 4.65. The van der Waals surface area contributed by atoms with Crippen molar-refractivity contribution in [2.45, 2.75) is 6.18 Å². The molecule has 2 aromatic carbocycles. The SMILES string of the molecule is O=C1NCCN1c1cc(-c2nc(-c3ccc(C(F)(F)F)c(F)c3)no2)ccc1Cl. The largest absolute Gasteiger partial charge is 0.419 e. The predicted molar refractivity (Wildman–Crippen MR) is 95.9 cm³/mol. The van der Waals surface area contributed by atoms with Crippen molar-refractivity contribution in [1.29, 1.82) is 0 Å². The van der Waals surface area contributed by atoms with E-state index in [4.69, 9.17) is 16.1 Å². The van der Waals surface area contributed by atoms with Crippen molar-refractivity contribution in [3.05, 3.63) is 52.8 Å². The Labute approximate surface area is 166 Å². The van der Waals surface area contributed by atoms with E-state index in [9.17, 15) is 22.4 Å². The van der Waals surface area contributed by atoms with Gasteiger partial charge in [-0.3, -0.25) is 4.90 Å². The number of nitrogens with one attached hydrogen (secondary N) is 1. The molecule has 0 unspecified atom stereocenters. The monoisotopic (exact) mass is 426 g/mol. The van der Waals surface area contributed by atoms with Gasteiger partial charge in [0.05, 0.1) is 16.3 Å². The molecule has 1 aromatic heterocycles. The summed E-state index contributed by atoms with van der Waals surface area (Å²) in [7, 11) is 0. The first kappa shape index (κ1) is 19.2. The highest BCUT2D eigenvalue weighted by Gasteiger charge is 2.34. The molecule has 1 fully saturated rings. The maximum absolute atomic E-state index is 13.8. The van der Waals surface area contributed by atoms with Crippen LogP contribution >= 0.6 is 11.6 Å². The highest BCUT2D eigenvalue weighted by atomic mass is 35.5. The van der Waals surface area contributed by atoms with Gasteiger partial charge in [0, 0.05) is 24.2 Å². The third kappa shape index (κ3) is 3.63. The molecule has 0 radical (unpaired) electrons. The van der Waals surface area contributed by atoms with E-state index >= 15 is 0 Å². The summed E-state index contributed by atoms with van der Waals surface area (Å²) < 4.78 is 57.1. The Bertz CT molecular complexity index is 1100. The van der Waals surface area contributed by atoms with Crippen LogP contribution in [-0.2, 0) is 6.18 Å². The molecule has 11 heteroatoms. The number of nitrogens with zero attached hydrogens (tertiary/aromatic N) is 3. The number of amides is 2. The van der Waals surface area contributed by atoms with Crippen LogP contribution in [0.2, 0.25) is 5.02 Å². The average molecular weight is 427 g/mol. The molecule has 0 aliphatic carbocycles. The molecule has 4 rings (SSSR count). The molecule has 150 valence electrons. The lowest BCUT2D eigenvalue weighted by atomic mass is 10.1. The number of rotatable bonds is 3. The first-order valence-electron chi connectivity index (χ1n) is 8.30. The number of benzene rings is 2. The van der Waals surface area contributed by atoms with E-state index in [0.717, 1.165) is 6.07 Å². The Morgan fingerprint density at radius 2 is 1.90 bits per heavy atom. The summed E-state index contributed by atoms with van der Waals surface area (Å²) in [6, 6.07) is 6.80. The van der Waals surface area contributed by atoms with Gasteiger partial charge in [-0.2, -0.15) is 18.2 Å². The number of anilines is 1. The zero-order valence-electron chi connectivity index (χ0n) is 14.4. The van der Waals surface area contributed by atoms with E-state index in [2.05, 4.69) is 15.5 Å². The molecule has 0 spiro atoms. The van der Waals surface area contributed by atoms with Crippen LogP contribution in [0, 0.1) is 5.82 Å². The number of hydrogen-bond acceptors (Lipinski definition) is 4. The van der Waals surface area contributed by atoms with Gasteiger partial charge in [-0.05, 0) is 30.3 Å². The average Bonchev–Trinajstić information content (AvgIpc) is 3.30. The van der Waals surface area contributed by atoms with Crippen molar-refractivity contribution in [2.75, 3.05) is 18.0 Å². The van der Waals surface area contributed by atoms with Crippen molar-refractivity contribution in [2.24, 2.45) is 0 Å². The molecule has 1 aliphatic rings. The van der Waals surface area contributed by atoms with Gasteiger partial charge in [-0.25, -0.2) is 9.18 Å². The van der Waals surface area contributed by atoms with E-state index in [1.807, 2.05) is 0 Å². The Morgan fingerprint density at radius 3 is 2.55 bits per heavy atom. The number of carbonyl (C=O) groups excluding carboxylic acids is 1. The molecule has 0 atom stereocenters. The third-order valence-electron chi connectivity index (χ3n) is 4.30. The summed E-state index contributed by atoms with van der Waals surface area (Å²) in [5.74, 6) is -1.48. The molecule has 3 aromatic rings. The second-order valence-corrected chi connectivity index (χ2v) is 6.57. The summed E-state index contributed by atoms with van der Waals surface area (Å²) in [4.78, 5) is 17.4. The number of aromatic nitrogens is 2. The third-order valence-corrected chi connectivity index (χ3v) is 4.62. The van der Waals surface area contributed by atoms with Crippen molar-refractivity contribution in [3.63, 3.8) is 0 Å². The molecule has 2 heterocycles. The summed E-state index contributed by atoms with van der Waals surface area (Å²) in [5.41, 5.74) is -0.468. The van der Waals surface area contributed by atoms with Crippen LogP contribution in [0.25, 0.3) is 22.8 Å². The van der Waals surface area contributed by atoms with Crippen molar-refractivity contribution >= 4 is 23.3 Å². The fourth-order valence-corrected chi connectivity index (χ4v) is 3.12. The number of carbonyl (C=O) groups is 1. The summed E-state index contributed by atoms with van der Waals surface area (Å²) >= 11 is 6.18. The smallest absolute Gasteiger partial charge is 0.336 e. The van der Waals surface area contributed by atoms with E-state index in [1.165, 1.54) is 4.90 Å². The standard InChI is InChI=1S/C18H11ClF4N4O2/c19-12-4-2-10(8-14(12)27-6-5-24-17(27)28)16-25-15(26-29-16)9-1-3-11(13(20)7-9)18(21,22)23/h1-4,7-8H,5-6H2,(H,24,28). The zero-order chi connectivity index (χ0) is 20.8. The van der Waals surface area contributed by atoms with Crippen LogP contribution in [0.1, 0.15) is 5.56 Å². The Morgan fingerprint density at radius 1 is 1.14 bits per heavy atom. The van der Waals surface area contributed by atoms with Gasteiger partial charge in [0.25, 0.3) is 5.89 Å².